The molecule has 0 aromatic rings. The lowest BCUT2D eigenvalue weighted by atomic mass is 9.97. The number of likely N-dealkylation sites (N-methyl/N-ethyl adjacent to an activating group) is 1. The van der Waals surface area contributed by atoms with Crippen LogP contribution in [0.4, 0.5) is 0 Å². The van der Waals surface area contributed by atoms with E-state index in [0.29, 0.717) is 6.42 Å². The summed E-state index contributed by atoms with van der Waals surface area (Å²) >= 11 is 0. The molecule has 1 aliphatic rings. The predicted octanol–water partition coefficient (Wildman–Crippen LogP) is 1.03. The quantitative estimate of drug-likeness (QED) is 0.744. The Balaban J connectivity index is 2.27. The average Bonchev–Trinajstić information content (AvgIpc) is 2.29. The first kappa shape index (κ1) is 13.3. The molecule has 0 saturated carbocycles. The number of carbonyl (C=O) groups is 2. The third kappa shape index (κ3) is 4.72. The van der Waals surface area contributed by atoms with Crippen LogP contribution in [0.15, 0.2) is 24.0 Å². The van der Waals surface area contributed by atoms with Gasteiger partial charge in [0, 0.05) is 14.1 Å². The summed E-state index contributed by atoms with van der Waals surface area (Å²) in [5, 5.41) is 9.11. The van der Waals surface area contributed by atoms with E-state index < -0.39 is 5.97 Å². The molecule has 0 saturated heterocycles. The molecule has 0 aromatic carbocycles. The van der Waals surface area contributed by atoms with Crippen LogP contribution in [0, 0.1) is 5.92 Å². The van der Waals surface area contributed by atoms with Gasteiger partial charge < -0.3 is 14.7 Å². The number of hydrogen-bond donors (Lipinski definition) is 1. The normalized spacial score (nSPS) is 18.5. The second-order valence-corrected chi connectivity index (χ2v) is 4.14. The molecule has 1 N–H and O–H groups in total. The Morgan fingerprint density at radius 2 is 2.24 bits per heavy atom. The van der Waals surface area contributed by atoms with Crippen LogP contribution in [0.25, 0.3) is 0 Å². The Labute approximate surface area is 100 Å². The number of carbonyl (C=O) groups excluding carboxylic acids is 2. The second kappa shape index (κ2) is 6.08. The van der Waals surface area contributed by atoms with E-state index in [9.17, 15) is 9.59 Å². The number of ether oxygens (including phenoxy) is 1. The van der Waals surface area contributed by atoms with Crippen LogP contribution in [-0.2, 0) is 14.3 Å². The molecule has 0 spiro atoms. The van der Waals surface area contributed by atoms with Gasteiger partial charge in [-0.05, 0) is 24.5 Å². The molecule has 0 aliphatic heterocycles. The fraction of sp³-hybridized carbons (Fsp3) is 0.500. The van der Waals surface area contributed by atoms with Crippen LogP contribution in [-0.4, -0.2) is 42.6 Å². The number of allylic oxidation sites excluding steroid dienone is 3. The SMILES string of the molecule is CN(C)C(=O)COC(=O)CC1C=CC(O)=CC1. The first-order valence-electron chi connectivity index (χ1n) is 5.42. The number of aliphatic hydroxyl groups is 1. The topological polar surface area (TPSA) is 66.8 Å². The molecule has 0 aromatic heterocycles. The van der Waals surface area contributed by atoms with E-state index in [0.717, 1.165) is 0 Å². The molecule has 0 heterocycles. The fourth-order valence-electron chi connectivity index (χ4n) is 1.35. The van der Waals surface area contributed by atoms with Gasteiger partial charge in [-0.25, -0.2) is 0 Å². The van der Waals surface area contributed by atoms with Crippen LogP contribution >= 0.6 is 0 Å². The molecule has 1 atom stereocenters. The van der Waals surface area contributed by atoms with Gasteiger partial charge in [-0.3, -0.25) is 9.59 Å². The molecule has 1 amide bonds. The molecule has 5 heteroatoms. The Kier molecular flexibility index (Phi) is 4.75. The highest BCUT2D eigenvalue weighted by molar-refractivity contribution is 5.80. The van der Waals surface area contributed by atoms with Crippen molar-refractivity contribution in [1.82, 2.24) is 4.90 Å². The van der Waals surface area contributed by atoms with Crippen LogP contribution in [0.5, 0.6) is 0 Å². The summed E-state index contributed by atoms with van der Waals surface area (Å²) < 4.78 is 4.85. The van der Waals surface area contributed by atoms with E-state index in [1.54, 1.807) is 32.3 Å². The van der Waals surface area contributed by atoms with Crippen molar-refractivity contribution in [3.8, 4) is 0 Å². The van der Waals surface area contributed by atoms with Gasteiger partial charge in [-0.2, -0.15) is 0 Å². The van der Waals surface area contributed by atoms with Crippen molar-refractivity contribution < 1.29 is 19.4 Å². The maximum Gasteiger partial charge on any atom is 0.306 e. The lowest BCUT2D eigenvalue weighted by Crippen LogP contribution is -2.27. The first-order valence-corrected chi connectivity index (χ1v) is 5.42. The summed E-state index contributed by atoms with van der Waals surface area (Å²) in [6.07, 6.45) is 5.82. The number of hydrogen-bond acceptors (Lipinski definition) is 4. The molecule has 1 aliphatic carbocycles. The van der Waals surface area contributed by atoms with Gasteiger partial charge in [0.25, 0.3) is 5.91 Å². The van der Waals surface area contributed by atoms with E-state index in [1.165, 1.54) is 4.90 Å². The summed E-state index contributed by atoms with van der Waals surface area (Å²) in [6, 6.07) is 0. The zero-order valence-corrected chi connectivity index (χ0v) is 10.0. The maximum absolute atomic E-state index is 11.4. The lowest BCUT2D eigenvalue weighted by molar-refractivity contribution is -0.151. The molecular weight excluding hydrogens is 222 g/mol. The molecule has 94 valence electrons. The lowest BCUT2D eigenvalue weighted by Gasteiger charge is -2.14. The van der Waals surface area contributed by atoms with Gasteiger partial charge in [-0.1, -0.05) is 6.08 Å². The third-order valence-electron chi connectivity index (χ3n) is 2.45. The minimum Gasteiger partial charge on any atom is -0.508 e. The van der Waals surface area contributed by atoms with Gasteiger partial charge in [-0.15, -0.1) is 0 Å². The van der Waals surface area contributed by atoms with Crippen LogP contribution in [0.3, 0.4) is 0 Å². The Bertz CT molecular complexity index is 358. The van der Waals surface area contributed by atoms with Gasteiger partial charge in [0.1, 0.15) is 5.76 Å². The molecule has 1 unspecified atom stereocenters. The van der Waals surface area contributed by atoms with Gasteiger partial charge in [0.05, 0.1) is 6.42 Å². The molecule has 5 nitrogen and oxygen atoms in total. The van der Waals surface area contributed by atoms with E-state index >= 15 is 0 Å². The fourth-order valence-corrected chi connectivity index (χ4v) is 1.35. The second-order valence-electron chi connectivity index (χ2n) is 4.14. The van der Waals surface area contributed by atoms with E-state index in [-0.39, 0.29) is 30.6 Å². The summed E-state index contributed by atoms with van der Waals surface area (Å²) in [4.78, 5) is 24.0. The summed E-state index contributed by atoms with van der Waals surface area (Å²) in [7, 11) is 3.21. The minimum absolute atomic E-state index is 0.0351. The van der Waals surface area contributed by atoms with Crippen molar-refractivity contribution >= 4 is 11.9 Å². The highest BCUT2D eigenvalue weighted by Crippen LogP contribution is 2.18. The van der Waals surface area contributed by atoms with Crippen molar-refractivity contribution in [3.63, 3.8) is 0 Å². The van der Waals surface area contributed by atoms with Gasteiger partial charge >= 0.3 is 5.97 Å². The van der Waals surface area contributed by atoms with Crippen molar-refractivity contribution in [2.24, 2.45) is 5.92 Å². The van der Waals surface area contributed by atoms with Crippen molar-refractivity contribution in [1.29, 1.82) is 0 Å². The van der Waals surface area contributed by atoms with Crippen molar-refractivity contribution in [2.75, 3.05) is 20.7 Å². The first-order chi connectivity index (χ1) is 7.99. The average molecular weight is 239 g/mol. The molecular formula is C12H17NO4. The van der Waals surface area contributed by atoms with Crippen LogP contribution < -0.4 is 0 Å². The van der Waals surface area contributed by atoms with E-state index in [4.69, 9.17) is 9.84 Å². The number of aliphatic hydroxyl groups excluding tert-OH is 1. The largest absolute Gasteiger partial charge is 0.508 e. The Morgan fingerprint density at radius 1 is 1.53 bits per heavy atom. The standard InChI is InChI=1S/C12H17NO4/c1-13(2)11(15)8-17-12(16)7-9-3-5-10(14)6-4-9/h3,5-6,9,14H,4,7-8H2,1-2H3. The predicted molar refractivity (Wildman–Crippen MR) is 62.2 cm³/mol. The number of nitrogens with zero attached hydrogens (tertiary/aromatic N) is 1. The zero-order chi connectivity index (χ0) is 12.8. The number of esters is 1. The van der Waals surface area contributed by atoms with Crippen LogP contribution in [0.2, 0.25) is 0 Å². The molecule has 0 radical (unpaired) electrons. The molecule has 0 bridgehead atoms. The number of amides is 1. The monoisotopic (exact) mass is 239 g/mol. The highest BCUT2D eigenvalue weighted by Gasteiger charge is 2.15. The van der Waals surface area contributed by atoms with Gasteiger partial charge in [0.2, 0.25) is 0 Å². The van der Waals surface area contributed by atoms with E-state index in [1.807, 2.05) is 0 Å². The summed E-state index contributed by atoms with van der Waals surface area (Å²) in [6.45, 7) is -0.219. The van der Waals surface area contributed by atoms with Gasteiger partial charge in [0.15, 0.2) is 6.61 Å². The zero-order valence-electron chi connectivity index (χ0n) is 10.0. The molecule has 1 rings (SSSR count). The molecule has 17 heavy (non-hydrogen) atoms. The van der Waals surface area contributed by atoms with Crippen LogP contribution in [0.1, 0.15) is 12.8 Å². The van der Waals surface area contributed by atoms with E-state index in [2.05, 4.69) is 0 Å². The summed E-state index contributed by atoms with van der Waals surface area (Å²) in [5.74, 6) is -0.384. The molecule has 0 fully saturated rings. The Hall–Kier alpha value is -1.78. The Morgan fingerprint density at radius 3 is 2.76 bits per heavy atom. The summed E-state index contributed by atoms with van der Waals surface area (Å²) in [5.41, 5.74) is 0. The maximum atomic E-state index is 11.4. The van der Waals surface area contributed by atoms with Crippen molar-refractivity contribution in [2.45, 2.75) is 12.8 Å². The third-order valence-corrected chi connectivity index (χ3v) is 2.45. The number of rotatable bonds is 4. The highest BCUT2D eigenvalue weighted by atomic mass is 16.5. The van der Waals surface area contributed by atoms with Crippen molar-refractivity contribution in [3.05, 3.63) is 24.0 Å². The minimum atomic E-state index is -0.398. The smallest absolute Gasteiger partial charge is 0.306 e.